The van der Waals surface area contributed by atoms with Crippen molar-refractivity contribution in [2.45, 2.75) is 6.92 Å². The van der Waals surface area contributed by atoms with Crippen molar-refractivity contribution in [2.24, 2.45) is 5.11 Å². The van der Waals surface area contributed by atoms with Gasteiger partial charge >= 0.3 is 0 Å². The highest BCUT2D eigenvalue weighted by Gasteiger charge is 2.04. The average molecular weight is 228 g/mol. The Kier molecular flexibility index (Phi) is 2.58. The summed E-state index contributed by atoms with van der Waals surface area (Å²) in [5, 5.41) is 12.6. The van der Waals surface area contributed by atoms with Crippen LogP contribution in [0, 0.1) is 6.92 Å². The molecular weight excluding hydrogens is 222 g/mol. The van der Waals surface area contributed by atoms with E-state index < -0.39 is 0 Å². The number of phenols is 1. The topological polar surface area (TPSA) is 69.0 Å². The van der Waals surface area contributed by atoms with Crippen LogP contribution in [-0.4, -0.2) is 5.11 Å². The van der Waals surface area contributed by atoms with Crippen LogP contribution < -0.4 is 0 Å². The van der Waals surface area contributed by atoms with E-state index in [0.717, 1.165) is 10.0 Å². The lowest BCUT2D eigenvalue weighted by atomic mass is 10.2. The van der Waals surface area contributed by atoms with Gasteiger partial charge in [0, 0.05) is 9.38 Å². The average Bonchev–Trinajstić information content (AvgIpc) is 2.06. The van der Waals surface area contributed by atoms with E-state index in [-0.39, 0.29) is 11.4 Å². The summed E-state index contributed by atoms with van der Waals surface area (Å²) in [5.41, 5.74) is 9.19. The highest BCUT2D eigenvalue weighted by atomic mass is 79.9. The summed E-state index contributed by atoms with van der Waals surface area (Å²) in [7, 11) is 0. The molecule has 4 nitrogen and oxygen atoms in total. The molecule has 1 rings (SSSR count). The van der Waals surface area contributed by atoms with Gasteiger partial charge in [-0.05, 0) is 30.2 Å². The van der Waals surface area contributed by atoms with Crippen LogP contribution in [-0.2, 0) is 0 Å². The molecule has 0 saturated heterocycles. The van der Waals surface area contributed by atoms with Crippen molar-refractivity contribution in [3.63, 3.8) is 0 Å². The Bertz CT molecular complexity index is 358. The standard InChI is InChI=1S/C7H6BrN3O/c1-4-5(8)2-3-6(12)7(4)10-11-9/h2-3,12H,1H3. The van der Waals surface area contributed by atoms with Crippen LogP contribution in [0.4, 0.5) is 5.69 Å². The molecule has 62 valence electrons. The molecule has 0 spiro atoms. The molecule has 1 aromatic rings. The van der Waals surface area contributed by atoms with Crippen LogP contribution >= 0.6 is 15.9 Å². The lowest BCUT2D eigenvalue weighted by Gasteiger charge is -2.03. The van der Waals surface area contributed by atoms with Gasteiger partial charge in [0.05, 0.1) is 5.69 Å². The molecule has 1 N–H and O–H groups in total. The minimum atomic E-state index is -0.00602. The SMILES string of the molecule is Cc1c(Br)ccc(O)c1N=[N+]=[N-]. The Labute approximate surface area is 77.6 Å². The number of hydrogen-bond donors (Lipinski definition) is 1. The third kappa shape index (κ3) is 1.52. The Hall–Kier alpha value is -1.19. The maximum Gasteiger partial charge on any atom is 0.125 e. The van der Waals surface area contributed by atoms with Gasteiger partial charge in [-0.1, -0.05) is 21.0 Å². The zero-order chi connectivity index (χ0) is 9.14. The minimum absolute atomic E-state index is 0.00602. The molecule has 1 aromatic carbocycles. The molecule has 0 bridgehead atoms. The number of benzene rings is 1. The fraction of sp³-hybridized carbons (Fsp3) is 0.143. The van der Waals surface area contributed by atoms with Crippen LogP contribution in [0.25, 0.3) is 10.4 Å². The quantitative estimate of drug-likeness (QED) is 0.446. The first kappa shape index (κ1) is 8.90. The van der Waals surface area contributed by atoms with Gasteiger partial charge in [0.1, 0.15) is 5.75 Å². The first-order chi connectivity index (χ1) is 5.66. The first-order valence-electron chi connectivity index (χ1n) is 3.20. The van der Waals surface area contributed by atoms with Crippen LogP contribution in [0.3, 0.4) is 0 Å². The fourth-order valence-corrected chi connectivity index (χ4v) is 1.15. The predicted molar refractivity (Wildman–Crippen MR) is 49.3 cm³/mol. The smallest absolute Gasteiger partial charge is 0.125 e. The minimum Gasteiger partial charge on any atom is -0.507 e. The van der Waals surface area contributed by atoms with Crippen molar-refractivity contribution in [1.29, 1.82) is 0 Å². The van der Waals surface area contributed by atoms with Crippen molar-refractivity contribution in [2.75, 3.05) is 0 Å². The number of phenolic OH excluding ortho intramolecular Hbond substituents is 1. The number of aromatic hydroxyl groups is 1. The van der Waals surface area contributed by atoms with E-state index >= 15 is 0 Å². The van der Waals surface area contributed by atoms with E-state index in [9.17, 15) is 5.11 Å². The summed E-state index contributed by atoms with van der Waals surface area (Å²) in [4.78, 5) is 2.61. The number of rotatable bonds is 1. The number of azide groups is 1. The molecule has 0 radical (unpaired) electrons. The molecule has 0 unspecified atom stereocenters. The summed E-state index contributed by atoms with van der Waals surface area (Å²) in [6, 6.07) is 3.17. The van der Waals surface area contributed by atoms with Gasteiger partial charge in [-0.2, -0.15) is 0 Å². The maximum atomic E-state index is 9.26. The molecule has 0 saturated carbocycles. The van der Waals surface area contributed by atoms with Crippen molar-refractivity contribution in [3.05, 3.63) is 32.6 Å². The largest absolute Gasteiger partial charge is 0.507 e. The van der Waals surface area contributed by atoms with E-state index in [2.05, 4.69) is 26.0 Å². The van der Waals surface area contributed by atoms with Gasteiger partial charge in [0.15, 0.2) is 0 Å². The normalized spacial score (nSPS) is 9.17. The van der Waals surface area contributed by atoms with Crippen molar-refractivity contribution in [3.8, 4) is 5.75 Å². The molecule has 0 amide bonds. The maximum absolute atomic E-state index is 9.26. The van der Waals surface area contributed by atoms with Gasteiger partial charge in [0.25, 0.3) is 0 Å². The third-order valence-electron chi connectivity index (χ3n) is 1.49. The Balaban J connectivity index is 3.42. The van der Waals surface area contributed by atoms with Gasteiger partial charge in [-0.3, -0.25) is 0 Å². The molecule has 0 aromatic heterocycles. The molecule has 0 fully saturated rings. The van der Waals surface area contributed by atoms with Crippen LogP contribution in [0.2, 0.25) is 0 Å². The van der Waals surface area contributed by atoms with Gasteiger partial charge < -0.3 is 5.11 Å². The first-order valence-corrected chi connectivity index (χ1v) is 3.99. The van der Waals surface area contributed by atoms with Crippen molar-refractivity contribution in [1.82, 2.24) is 0 Å². The summed E-state index contributed by atoms with van der Waals surface area (Å²) < 4.78 is 0.808. The van der Waals surface area contributed by atoms with Gasteiger partial charge in [-0.25, -0.2) is 0 Å². The van der Waals surface area contributed by atoms with Gasteiger partial charge in [-0.15, -0.1) is 0 Å². The molecular formula is C7H6BrN3O. The number of hydrogen-bond acceptors (Lipinski definition) is 2. The van der Waals surface area contributed by atoms with E-state index in [1.165, 1.54) is 6.07 Å². The number of halogens is 1. The Morgan fingerprint density at radius 1 is 1.58 bits per heavy atom. The summed E-state index contributed by atoms with van der Waals surface area (Å²) in [6.45, 7) is 1.76. The van der Waals surface area contributed by atoms with Crippen molar-refractivity contribution < 1.29 is 5.11 Å². The molecule has 0 heterocycles. The summed E-state index contributed by atoms with van der Waals surface area (Å²) in [5.74, 6) is -0.00602. The van der Waals surface area contributed by atoms with E-state index in [1.54, 1.807) is 13.0 Å². The zero-order valence-electron chi connectivity index (χ0n) is 6.32. The second-order valence-corrected chi connectivity index (χ2v) is 3.08. The molecule has 0 aliphatic heterocycles. The van der Waals surface area contributed by atoms with E-state index in [0.29, 0.717) is 0 Å². The third-order valence-corrected chi connectivity index (χ3v) is 2.35. The lowest BCUT2D eigenvalue weighted by molar-refractivity contribution is 0.476. The summed E-state index contributed by atoms with van der Waals surface area (Å²) in [6.07, 6.45) is 0. The second-order valence-electron chi connectivity index (χ2n) is 2.23. The molecule has 0 atom stereocenters. The van der Waals surface area contributed by atoms with Crippen LogP contribution in [0.1, 0.15) is 5.56 Å². The van der Waals surface area contributed by atoms with Crippen LogP contribution in [0.15, 0.2) is 21.7 Å². The number of nitrogens with zero attached hydrogens (tertiary/aromatic N) is 3. The zero-order valence-corrected chi connectivity index (χ0v) is 7.91. The second kappa shape index (κ2) is 3.47. The lowest BCUT2D eigenvalue weighted by Crippen LogP contribution is -1.76. The monoisotopic (exact) mass is 227 g/mol. The molecule has 0 aliphatic rings. The highest BCUT2D eigenvalue weighted by Crippen LogP contribution is 2.34. The molecule has 12 heavy (non-hydrogen) atoms. The van der Waals surface area contributed by atoms with Crippen molar-refractivity contribution >= 4 is 21.6 Å². The fourth-order valence-electron chi connectivity index (χ4n) is 0.832. The molecule has 5 heteroatoms. The van der Waals surface area contributed by atoms with Crippen LogP contribution in [0.5, 0.6) is 5.75 Å². The Morgan fingerprint density at radius 3 is 2.83 bits per heavy atom. The highest BCUT2D eigenvalue weighted by molar-refractivity contribution is 9.10. The van der Waals surface area contributed by atoms with E-state index in [1.807, 2.05) is 0 Å². The Morgan fingerprint density at radius 2 is 2.25 bits per heavy atom. The predicted octanol–water partition coefficient (Wildman–Crippen LogP) is 3.40. The van der Waals surface area contributed by atoms with Gasteiger partial charge in [0.2, 0.25) is 0 Å². The summed E-state index contributed by atoms with van der Waals surface area (Å²) >= 11 is 3.26. The van der Waals surface area contributed by atoms with E-state index in [4.69, 9.17) is 5.53 Å². The molecule has 0 aliphatic carbocycles.